The number of hydrogen-bond donors (Lipinski definition) is 1. The number of ether oxygens (including phenoxy) is 2. The van der Waals surface area contributed by atoms with E-state index in [1.807, 2.05) is 30.3 Å². The van der Waals surface area contributed by atoms with Crippen molar-refractivity contribution >= 4 is 27.5 Å². The van der Waals surface area contributed by atoms with Gasteiger partial charge >= 0.3 is 0 Å². The second kappa shape index (κ2) is 7.68. The highest BCUT2D eigenvalue weighted by molar-refractivity contribution is 9.10. The predicted octanol–water partition coefficient (Wildman–Crippen LogP) is 4.00. The summed E-state index contributed by atoms with van der Waals surface area (Å²) in [5.74, 6) is 1.62. The number of anilines is 1. The summed E-state index contributed by atoms with van der Waals surface area (Å²) in [5.41, 5.74) is 2.00. The molecule has 0 unspecified atom stereocenters. The van der Waals surface area contributed by atoms with Crippen LogP contribution in [0, 0.1) is 0 Å². The third kappa shape index (κ3) is 3.86. The van der Waals surface area contributed by atoms with Gasteiger partial charge in [0.1, 0.15) is 13.2 Å². The lowest BCUT2D eigenvalue weighted by Crippen LogP contribution is -2.33. The molecule has 1 saturated heterocycles. The molecule has 5 nitrogen and oxygen atoms in total. The summed E-state index contributed by atoms with van der Waals surface area (Å²) >= 11 is 3.40. The van der Waals surface area contributed by atoms with Gasteiger partial charge in [-0.05, 0) is 61.3 Å². The largest absolute Gasteiger partial charge is 0.486 e. The molecule has 4 rings (SSSR count). The van der Waals surface area contributed by atoms with Crippen molar-refractivity contribution in [1.82, 2.24) is 4.90 Å². The summed E-state index contributed by atoms with van der Waals surface area (Å²) in [7, 11) is 0. The Balaban J connectivity index is 1.43. The number of amides is 1. The normalized spacial score (nSPS) is 19.3. The zero-order valence-electron chi connectivity index (χ0n) is 14.4. The number of benzene rings is 2. The third-order valence-electron chi connectivity index (χ3n) is 4.79. The Hall–Kier alpha value is -2.05. The number of fused-ring (bicyclic) bond motifs is 1. The van der Waals surface area contributed by atoms with Crippen LogP contribution < -0.4 is 14.8 Å². The van der Waals surface area contributed by atoms with E-state index in [9.17, 15) is 4.79 Å². The van der Waals surface area contributed by atoms with Crippen LogP contribution in [0.2, 0.25) is 0 Å². The van der Waals surface area contributed by atoms with Crippen LogP contribution in [0.15, 0.2) is 46.9 Å². The van der Waals surface area contributed by atoms with Gasteiger partial charge in [0, 0.05) is 16.2 Å². The summed E-state index contributed by atoms with van der Waals surface area (Å²) in [4.78, 5) is 14.7. The molecule has 1 fully saturated rings. The maximum atomic E-state index is 12.5. The highest BCUT2D eigenvalue weighted by Crippen LogP contribution is 2.37. The van der Waals surface area contributed by atoms with Crippen LogP contribution in [0.4, 0.5) is 5.69 Å². The van der Waals surface area contributed by atoms with E-state index in [4.69, 9.17) is 9.47 Å². The Morgan fingerprint density at radius 2 is 1.88 bits per heavy atom. The minimum absolute atomic E-state index is 0.0109. The topological polar surface area (TPSA) is 50.8 Å². The number of nitrogens with zero attached hydrogens (tertiary/aromatic N) is 1. The molecule has 0 aromatic heterocycles. The summed E-state index contributed by atoms with van der Waals surface area (Å²) < 4.78 is 12.3. The van der Waals surface area contributed by atoms with Crippen LogP contribution in [0.1, 0.15) is 24.4 Å². The van der Waals surface area contributed by atoms with Gasteiger partial charge in [0.2, 0.25) is 5.91 Å². The lowest BCUT2D eigenvalue weighted by molar-refractivity contribution is -0.117. The van der Waals surface area contributed by atoms with Crippen molar-refractivity contribution in [1.29, 1.82) is 0 Å². The maximum Gasteiger partial charge on any atom is 0.238 e. The van der Waals surface area contributed by atoms with Crippen LogP contribution in [0.3, 0.4) is 0 Å². The quantitative estimate of drug-likeness (QED) is 0.818. The SMILES string of the molecule is O=C(CN1CCC[C@@H]1c1ccc2c(c1)OCCO2)Nc1ccc(Br)cc1. The fourth-order valence-corrected chi connectivity index (χ4v) is 3.84. The zero-order valence-corrected chi connectivity index (χ0v) is 16.0. The van der Waals surface area contributed by atoms with E-state index in [-0.39, 0.29) is 11.9 Å². The van der Waals surface area contributed by atoms with Gasteiger partial charge in [0.25, 0.3) is 0 Å². The molecule has 0 radical (unpaired) electrons. The van der Waals surface area contributed by atoms with E-state index in [0.29, 0.717) is 19.8 Å². The van der Waals surface area contributed by atoms with E-state index in [1.165, 1.54) is 5.56 Å². The van der Waals surface area contributed by atoms with Crippen molar-refractivity contribution in [2.24, 2.45) is 0 Å². The molecule has 0 spiro atoms. The Morgan fingerprint density at radius 1 is 1.12 bits per heavy atom. The molecule has 2 aromatic rings. The number of nitrogens with one attached hydrogen (secondary N) is 1. The van der Waals surface area contributed by atoms with Gasteiger partial charge in [-0.1, -0.05) is 22.0 Å². The third-order valence-corrected chi connectivity index (χ3v) is 5.32. The van der Waals surface area contributed by atoms with Crippen LogP contribution >= 0.6 is 15.9 Å². The molecule has 2 aliphatic rings. The van der Waals surface area contributed by atoms with E-state index >= 15 is 0 Å². The van der Waals surface area contributed by atoms with E-state index in [0.717, 1.165) is 41.0 Å². The number of likely N-dealkylation sites (tertiary alicyclic amines) is 1. The fourth-order valence-electron chi connectivity index (χ4n) is 3.58. The smallest absolute Gasteiger partial charge is 0.238 e. The number of halogens is 1. The number of rotatable bonds is 4. The highest BCUT2D eigenvalue weighted by atomic mass is 79.9. The first-order valence-corrected chi connectivity index (χ1v) is 9.67. The van der Waals surface area contributed by atoms with Gasteiger partial charge in [-0.25, -0.2) is 0 Å². The minimum Gasteiger partial charge on any atom is -0.486 e. The Bertz CT molecular complexity index is 794. The molecule has 1 atom stereocenters. The van der Waals surface area contributed by atoms with Gasteiger partial charge in [0.15, 0.2) is 11.5 Å². The summed E-state index contributed by atoms with van der Waals surface area (Å²) in [6.07, 6.45) is 2.13. The maximum absolute atomic E-state index is 12.5. The molecule has 26 heavy (non-hydrogen) atoms. The van der Waals surface area contributed by atoms with Crippen LogP contribution in [0.5, 0.6) is 11.5 Å². The molecule has 2 aromatic carbocycles. The first-order valence-electron chi connectivity index (χ1n) is 8.88. The van der Waals surface area contributed by atoms with Gasteiger partial charge in [0.05, 0.1) is 6.54 Å². The molecular formula is C20H21BrN2O3. The predicted molar refractivity (Wildman–Crippen MR) is 104 cm³/mol. The van der Waals surface area contributed by atoms with E-state index < -0.39 is 0 Å². The summed E-state index contributed by atoms with van der Waals surface area (Å²) in [6.45, 7) is 2.49. The minimum atomic E-state index is 0.0109. The van der Waals surface area contributed by atoms with Crippen molar-refractivity contribution < 1.29 is 14.3 Å². The first-order chi connectivity index (χ1) is 12.7. The standard InChI is InChI=1S/C20H21BrN2O3/c21-15-4-6-16(7-5-15)22-20(24)13-23-9-1-2-17(23)14-3-8-18-19(12-14)26-11-10-25-18/h3-8,12,17H,1-2,9-11,13H2,(H,22,24)/t17-/m1/s1. The average Bonchev–Trinajstić information content (AvgIpc) is 3.11. The highest BCUT2D eigenvalue weighted by Gasteiger charge is 2.28. The second-order valence-corrected chi connectivity index (χ2v) is 7.50. The molecule has 6 heteroatoms. The number of hydrogen-bond acceptors (Lipinski definition) is 4. The Kier molecular flexibility index (Phi) is 5.13. The lowest BCUT2D eigenvalue weighted by atomic mass is 10.0. The summed E-state index contributed by atoms with van der Waals surface area (Å²) in [5, 5.41) is 2.97. The molecule has 0 bridgehead atoms. The van der Waals surface area contributed by atoms with Crippen LogP contribution in [0.25, 0.3) is 0 Å². The van der Waals surface area contributed by atoms with Crippen molar-refractivity contribution in [2.45, 2.75) is 18.9 Å². The molecule has 0 aliphatic carbocycles. The van der Waals surface area contributed by atoms with Crippen LogP contribution in [-0.4, -0.2) is 37.1 Å². The second-order valence-electron chi connectivity index (χ2n) is 6.59. The van der Waals surface area contributed by atoms with Crippen molar-refractivity contribution in [3.05, 3.63) is 52.5 Å². The van der Waals surface area contributed by atoms with E-state index in [1.54, 1.807) is 0 Å². The van der Waals surface area contributed by atoms with Gasteiger partial charge < -0.3 is 14.8 Å². The molecule has 136 valence electrons. The average molecular weight is 417 g/mol. The van der Waals surface area contributed by atoms with Crippen molar-refractivity contribution in [3.8, 4) is 11.5 Å². The van der Waals surface area contributed by atoms with Crippen LogP contribution in [-0.2, 0) is 4.79 Å². The molecule has 2 heterocycles. The fraction of sp³-hybridized carbons (Fsp3) is 0.350. The van der Waals surface area contributed by atoms with Crippen molar-refractivity contribution in [3.63, 3.8) is 0 Å². The van der Waals surface area contributed by atoms with E-state index in [2.05, 4.69) is 38.3 Å². The molecule has 1 N–H and O–H groups in total. The molecule has 1 amide bonds. The summed E-state index contributed by atoms with van der Waals surface area (Å²) in [6, 6.07) is 14.0. The first kappa shape index (κ1) is 17.4. The van der Waals surface area contributed by atoms with Gasteiger partial charge in [-0.3, -0.25) is 9.69 Å². The zero-order chi connectivity index (χ0) is 17.9. The Labute approximate surface area is 161 Å². The Morgan fingerprint density at radius 3 is 2.69 bits per heavy atom. The number of carbonyl (C=O) groups is 1. The van der Waals surface area contributed by atoms with Gasteiger partial charge in [-0.15, -0.1) is 0 Å². The monoisotopic (exact) mass is 416 g/mol. The number of carbonyl (C=O) groups excluding carboxylic acids is 1. The molecular weight excluding hydrogens is 396 g/mol. The lowest BCUT2D eigenvalue weighted by Gasteiger charge is -2.26. The van der Waals surface area contributed by atoms with Crippen molar-refractivity contribution in [2.75, 3.05) is 31.6 Å². The molecule has 2 aliphatic heterocycles. The van der Waals surface area contributed by atoms with Gasteiger partial charge in [-0.2, -0.15) is 0 Å². The molecule has 0 saturated carbocycles.